The molecule has 0 fully saturated rings. The van der Waals surface area contributed by atoms with E-state index in [0.29, 0.717) is 10.4 Å². The van der Waals surface area contributed by atoms with Gasteiger partial charge in [0.2, 0.25) is 0 Å². The van der Waals surface area contributed by atoms with E-state index in [2.05, 4.69) is 31.9 Å². The van der Waals surface area contributed by atoms with Crippen LogP contribution in [0, 0.1) is 5.82 Å². The molecule has 0 amide bonds. The monoisotopic (exact) mass is 376 g/mol. The van der Waals surface area contributed by atoms with E-state index in [0.717, 1.165) is 8.26 Å². The van der Waals surface area contributed by atoms with Gasteiger partial charge in [-0.1, -0.05) is 15.9 Å². The SMILES string of the molecule is O=C(Cc1cc(Br)ccc1F)c1ccc(Br)s1. The van der Waals surface area contributed by atoms with E-state index < -0.39 is 0 Å². The first-order valence-corrected chi connectivity index (χ1v) is 7.19. The van der Waals surface area contributed by atoms with Gasteiger partial charge in [-0.15, -0.1) is 11.3 Å². The summed E-state index contributed by atoms with van der Waals surface area (Å²) in [7, 11) is 0. The highest BCUT2D eigenvalue weighted by Gasteiger charge is 2.12. The number of benzene rings is 1. The Labute approximate surface area is 119 Å². The molecule has 0 aliphatic heterocycles. The molecule has 1 nitrogen and oxygen atoms in total. The maximum atomic E-state index is 13.5. The van der Waals surface area contributed by atoms with Gasteiger partial charge in [-0.25, -0.2) is 4.39 Å². The van der Waals surface area contributed by atoms with Gasteiger partial charge in [0.05, 0.1) is 8.66 Å². The van der Waals surface area contributed by atoms with Crippen molar-refractivity contribution in [1.29, 1.82) is 0 Å². The molecule has 0 saturated heterocycles. The number of carbonyl (C=O) groups is 1. The summed E-state index contributed by atoms with van der Waals surface area (Å²) in [6, 6.07) is 8.17. The fourth-order valence-electron chi connectivity index (χ4n) is 1.40. The van der Waals surface area contributed by atoms with Crippen molar-refractivity contribution < 1.29 is 9.18 Å². The van der Waals surface area contributed by atoms with Crippen molar-refractivity contribution in [3.63, 3.8) is 0 Å². The summed E-state index contributed by atoms with van der Waals surface area (Å²) >= 11 is 7.92. The van der Waals surface area contributed by atoms with Crippen LogP contribution in [0.5, 0.6) is 0 Å². The maximum Gasteiger partial charge on any atom is 0.177 e. The molecule has 2 rings (SSSR count). The number of halogens is 3. The number of thiophene rings is 1. The highest BCUT2D eigenvalue weighted by molar-refractivity contribution is 9.11. The molecule has 1 heterocycles. The number of hydrogen-bond donors (Lipinski definition) is 0. The Kier molecular flexibility index (Phi) is 4.12. The third-order valence-electron chi connectivity index (χ3n) is 2.21. The molecular formula is C12H7Br2FOS. The summed E-state index contributed by atoms with van der Waals surface area (Å²) in [5.74, 6) is -0.421. The normalized spacial score (nSPS) is 10.5. The quantitative estimate of drug-likeness (QED) is 0.699. The summed E-state index contributed by atoms with van der Waals surface area (Å²) in [4.78, 5) is 12.5. The van der Waals surface area contributed by atoms with Gasteiger partial charge in [-0.05, 0) is 51.8 Å². The maximum absolute atomic E-state index is 13.5. The Balaban J connectivity index is 2.21. The summed E-state index contributed by atoms with van der Waals surface area (Å²) in [5, 5.41) is 0. The van der Waals surface area contributed by atoms with Crippen molar-refractivity contribution in [2.24, 2.45) is 0 Å². The second-order valence-electron chi connectivity index (χ2n) is 3.44. The molecule has 88 valence electrons. The third-order valence-corrected chi connectivity index (χ3v) is 4.36. The van der Waals surface area contributed by atoms with E-state index in [1.807, 2.05) is 6.07 Å². The van der Waals surface area contributed by atoms with Crippen LogP contribution >= 0.6 is 43.2 Å². The van der Waals surface area contributed by atoms with Gasteiger partial charge in [0, 0.05) is 10.9 Å². The van der Waals surface area contributed by atoms with Crippen LogP contribution in [0.2, 0.25) is 0 Å². The van der Waals surface area contributed by atoms with Crippen molar-refractivity contribution in [3.8, 4) is 0 Å². The molecule has 0 aliphatic carbocycles. The lowest BCUT2D eigenvalue weighted by Crippen LogP contribution is -2.03. The van der Waals surface area contributed by atoms with Crippen molar-refractivity contribution in [2.45, 2.75) is 6.42 Å². The van der Waals surface area contributed by atoms with E-state index in [4.69, 9.17) is 0 Å². The average Bonchev–Trinajstić information content (AvgIpc) is 2.70. The van der Waals surface area contributed by atoms with Gasteiger partial charge in [0.15, 0.2) is 5.78 Å². The van der Waals surface area contributed by atoms with Gasteiger partial charge in [-0.3, -0.25) is 4.79 Å². The fraction of sp³-hybridized carbons (Fsp3) is 0.0833. The van der Waals surface area contributed by atoms with Crippen LogP contribution in [0.15, 0.2) is 38.6 Å². The number of Topliss-reactive ketones (excluding diaryl/α,β-unsaturated/α-hetero) is 1. The minimum absolute atomic E-state index is 0.0716. The van der Waals surface area contributed by atoms with Gasteiger partial charge >= 0.3 is 0 Å². The van der Waals surface area contributed by atoms with Crippen molar-refractivity contribution in [1.82, 2.24) is 0 Å². The number of hydrogen-bond acceptors (Lipinski definition) is 2. The lowest BCUT2D eigenvalue weighted by molar-refractivity contribution is 0.0995. The highest BCUT2D eigenvalue weighted by atomic mass is 79.9. The van der Waals surface area contributed by atoms with Crippen LogP contribution in [-0.4, -0.2) is 5.78 Å². The van der Waals surface area contributed by atoms with Crippen LogP contribution < -0.4 is 0 Å². The minimum atomic E-state index is -0.350. The molecule has 2 aromatic rings. The lowest BCUT2D eigenvalue weighted by Gasteiger charge is -2.02. The molecule has 1 aromatic heterocycles. The fourth-order valence-corrected chi connectivity index (χ4v) is 3.14. The Morgan fingerprint density at radius 3 is 2.65 bits per heavy atom. The predicted octanol–water partition coefficient (Wildman–Crippen LogP) is 4.84. The van der Waals surface area contributed by atoms with Gasteiger partial charge < -0.3 is 0 Å². The van der Waals surface area contributed by atoms with Crippen LogP contribution in [0.1, 0.15) is 15.2 Å². The molecule has 0 bridgehead atoms. The van der Waals surface area contributed by atoms with E-state index in [-0.39, 0.29) is 18.0 Å². The van der Waals surface area contributed by atoms with E-state index >= 15 is 0 Å². The second-order valence-corrected chi connectivity index (χ2v) is 6.82. The van der Waals surface area contributed by atoms with Gasteiger partial charge in [-0.2, -0.15) is 0 Å². The summed E-state index contributed by atoms with van der Waals surface area (Å²) in [6.45, 7) is 0. The summed E-state index contributed by atoms with van der Waals surface area (Å²) < 4.78 is 15.1. The van der Waals surface area contributed by atoms with Crippen LogP contribution in [0.25, 0.3) is 0 Å². The molecule has 17 heavy (non-hydrogen) atoms. The summed E-state index contributed by atoms with van der Waals surface area (Å²) in [5.41, 5.74) is 0.411. The Hall–Kier alpha value is -0.520. The zero-order valence-electron chi connectivity index (χ0n) is 8.54. The second kappa shape index (κ2) is 5.42. The zero-order chi connectivity index (χ0) is 12.4. The smallest absolute Gasteiger partial charge is 0.177 e. The Bertz CT molecular complexity index is 565. The third kappa shape index (κ3) is 3.24. The predicted molar refractivity (Wildman–Crippen MR) is 74.2 cm³/mol. The molecule has 0 aliphatic rings. The van der Waals surface area contributed by atoms with Crippen LogP contribution in [0.4, 0.5) is 4.39 Å². The van der Waals surface area contributed by atoms with Gasteiger partial charge in [0.1, 0.15) is 5.82 Å². The number of carbonyl (C=O) groups excluding carboxylic acids is 1. The number of ketones is 1. The van der Waals surface area contributed by atoms with Gasteiger partial charge in [0.25, 0.3) is 0 Å². The van der Waals surface area contributed by atoms with E-state index in [1.54, 1.807) is 18.2 Å². The molecule has 0 unspecified atom stereocenters. The van der Waals surface area contributed by atoms with Crippen LogP contribution in [0.3, 0.4) is 0 Å². The Morgan fingerprint density at radius 2 is 2.00 bits per heavy atom. The van der Waals surface area contributed by atoms with E-state index in [1.165, 1.54) is 17.4 Å². The minimum Gasteiger partial charge on any atom is -0.293 e. The van der Waals surface area contributed by atoms with Crippen molar-refractivity contribution in [3.05, 3.63) is 54.8 Å². The van der Waals surface area contributed by atoms with Crippen molar-refractivity contribution >= 4 is 49.0 Å². The molecule has 5 heteroatoms. The van der Waals surface area contributed by atoms with Crippen molar-refractivity contribution in [2.75, 3.05) is 0 Å². The largest absolute Gasteiger partial charge is 0.293 e. The zero-order valence-corrected chi connectivity index (χ0v) is 12.5. The lowest BCUT2D eigenvalue weighted by atomic mass is 10.1. The molecule has 0 N–H and O–H groups in total. The standard InChI is InChI=1S/C12H7Br2FOS/c13-8-1-2-9(15)7(5-8)6-10(16)11-3-4-12(14)17-11/h1-5H,6H2. The first-order valence-electron chi connectivity index (χ1n) is 4.79. The van der Waals surface area contributed by atoms with E-state index in [9.17, 15) is 9.18 Å². The Morgan fingerprint density at radius 1 is 1.24 bits per heavy atom. The first-order chi connectivity index (χ1) is 8.06. The summed E-state index contributed by atoms with van der Waals surface area (Å²) in [6.07, 6.45) is 0.0816. The highest BCUT2D eigenvalue weighted by Crippen LogP contribution is 2.24. The number of rotatable bonds is 3. The molecular weight excluding hydrogens is 371 g/mol. The molecule has 0 radical (unpaired) electrons. The molecule has 0 saturated carbocycles. The molecule has 0 spiro atoms. The van der Waals surface area contributed by atoms with Crippen LogP contribution in [-0.2, 0) is 6.42 Å². The molecule has 0 atom stereocenters. The topological polar surface area (TPSA) is 17.1 Å². The average molecular weight is 378 g/mol. The first kappa shape index (κ1) is 12.9. The molecule has 1 aromatic carbocycles.